The molecule has 0 spiro atoms. The molecule has 2 bridgehead atoms. The fourth-order valence-electron chi connectivity index (χ4n) is 6.75. The summed E-state index contributed by atoms with van der Waals surface area (Å²) >= 11 is 0. The fourth-order valence-corrected chi connectivity index (χ4v) is 6.75. The summed E-state index contributed by atoms with van der Waals surface area (Å²) in [7, 11) is 0. The second-order valence-electron chi connectivity index (χ2n) is 10.1. The van der Waals surface area contributed by atoms with E-state index in [0.717, 1.165) is 24.7 Å². The minimum atomic E-state index is -0.111. The lowest BCUT2D eigenvalue weighted by Gasteiger charge is -2.60. The Kier molecular flexibility index (Phi) is 3.97. The monoisotopic (exact) mass is 307 g/mol. The predicted molar refractivity (Wildman–Crippen MR) is 92.4 cm³/mol. The zero-order valence-electron chi connectivity index (χ0n) is 15.4. The molecule has 2 heteroatoms. The predicted octanol–water partition coefficient (Wildman–Crippen LogP) is 4.35. The van der Waals surface area contributed by atoms with E-state index in [-0.39, 0.29) is 17.1 Å². The Hall–Kier alpha value is -0.0800. The van der Waals surface area contributed by atoms with E-state index in [0.29, 0.717) is 17.3 Å². The number of rotatable bonds is 0. The minimum Gasteiger partial charge on any atom is -0.393 e. The number of fused-ring (bicyclic) bond motifs is 3. The topological polar surface area (TPSA) is 46.2 Å². The Morgan fingerprint density at radius 2 is 1.64 bits per heavy atom. The molecule has 0 aliphatic heterocycles. The molecule has 22 heavy (non-hydrogen) atoms. The molecule has 1 unspecified atom stereocenters. The molecule has 3 saturated carbocycles. The lowest BCUT2D eigenvalue weighted by Crippen LogP contribution is -2.59. The van der Waals surface area contributed by atoms with Crippen LogP contribution in [0.1, 0.15) is 79.6 Å². The van der Waals surface area contributed by atoms with Crippen molar-refractivity contribution >= 4 is 0 Å². The molecule has 0 radical (unpaired) electrons. The van der Waals surface area contributed by atoms with Gasteiger partial charge >= 0.3 is 0 Å². The highest BCUT2D eigenvalue weighted by molar-refractivity contribution is 5.07. The van der Waals surface area contributed by atoms with Gasteiger partial charge in [0.1, 0.15) is 0 Å². The van der Waals surface area contributed by atoms with E-state index in [1.165, 1.54) is 32.1 Å². The first-order valence-electron chi connectivity index (χ1n) is 9.56. The van der Waals surface area contributed by atoms with Gasteiger partial charge in [-0.25, -0.2) is 0 Å². The van der Waals surface area contributed by atoms with Crippen molar-refractivity contribution in [3.05, 3.63) is 0 Å². The maximum atomic E-state index is 10.8. The molecule has 7 atom stereocenters. The summed E-state index contributed by atoms with van der Waals surface area (Å²) in [5, 5.41) is 10.8. The normalized spacial score (nSPS) is 55.0. The van der Waals surface area contributed by atoms with Crippen LogP contribution < -0.4 is 5.73 Å². The largest absolute Gasteiger partial charge is 0.393 e. The van der Waals surface area contributed by atoms with E-state index in [2.05, 4.69) is 34.6 Å². The maximum Gasteiger partial charge on any atom is 0.0596 e. The second kappa shape index (κ2) is 5.21. The van der Waals surface area contributed by atoms with Gasteiger partial charge in [0.05, 0.1) is 6.10 Å². The van der Waals surface area contributed by atoms with Crippen molar-refractivity contribution in [1.29, 1.82) is 0 Å². The summed E-state index contributed by atoms with van der Waals surface area (Å²) in [5.41, 5.74) is 7.15. The van der Waals surface area contributed by atoms with Gasteiger partial charge in [0.15, 0.2) is 0 Å². The number of aliphatic hydroxyl groups excluding tert-OH is 1. The molecule has 2 nitrogen and oxygen atoms in total. The van der Waals surface area contributed by atoms with Gasteiger partial charge in [-0.1, -0.05) is 27.7 Å². The van der Waals surface area contributed by atoms with Gasteiger partial charge in [-0.05, 0) is 86.4 Å². The van der Waals surface area contributed by atoms with E-state index < -0.39 is 0 Å². The molecule has 3 fully saturated rings. The molecule has 3 rings (SSSR count). The van der Waals surface area contributed by atoms with Crippen LogP contribution in [-0.4, -0.2) is 16.7 Å². The Labute approximate surface area is 137 Å². The van der Waals surface area contributed by atoms with Crippen molar-refractivity contribution in [2.75, 3.05) is 0 Å². The van der Waals surface area contributed by atoms with Gasteiger partial charge < -0.3 is 10.8 Å². The van der Waals surface area contributed by atoms with Crippen molar-refractivity contribution in [3.8, 4) is 0 Å². The van der Waals surface area contributed by atoms with Crippen LogP contribution in [0.3, 0.4) is 0 Å². The van der Waals surface area contributed by atoms with Crippen molar-refractivity contribution in [1.82, 2.24) is 0 Å². The molecule has 0 saturated heterocycles. The Morgan fingerprint density at radius 3 is 2.32 bits per heavy atom. The molecule has 0 amide bonds. The lowest BCUT2D eigenvalue weighted by molar-refractivity contribution is -0.124. The summed E-state index contributed by atoms with van der Waals surface area (Å²) in [4.78, 5) is 0. The second-order valence-corrected chi connectivity index (χ2v) is 10.1. The first-order chi connectivity index (χ1) is 10.1. The molecule has 3 aliphatic carbocycles. The van der Waals surface area contributed by atoms with Crippen LogP contribution >= 0.6 is 0 Å². The molecule has 3 N–H and O–H groups in total. The van der Waals surface area contributed by atoms with Gasteiger partial charge in [0.25, 0.3) is 0 Å². The number of hydrogen-bond acceptors (Lipinski definition) is 2. The number of hydrogen-bond donors (Lipinski definition) is 2. The van der Waals surface area contributed by atoms with Gasteiger partial charge in [-0.15, -0.1) is 0 Å². The van der Waals surface area contributed by atoms with Crippen molar-refractivity contribution in [2.45, 2.75) is 91.2 Å². The van der Waals surface area contributed by atoms with Crippen LogP contribution in [0.2, 0.25) is 0 Å². The average molecular weight is 308 g/mol. The summed E-state index contributed by atoms with van der Waals surface area (Å²) in [6, 6.07) is 0. The van der Waals surface area contributed by atoms with Crippen LogP contribution in [0.4, 0.5) is 0 Å². The van der Waals surface area contributed by atoms with E-state index in [9.17, 15) is 5.11 Å². The Morgan fingerprint density at radius 1 is 0.955 bits per heavy atom. The fraction of sp³-hybridized carbons (Fsp3) is 1.00. The van der Waals surface area contributed by atoms with E-state index in [4.69, 9.17) is 5.73 Å². The highest BCUT2D eigenvalue weighted by Crippen LogP contribution is 2.60. The smallest absolute Gasteiger partial charge is 0.0596 e. The third kappa shape index (κ3) is 2.36. The average Bonchev–Trinajstić information content (AvgIpc) is 2.40. The maximum absolute atomic E-state index is 10.8. The van der Waals surface area contributed by atoms with Gasteiger partial charge in [-0.3, -0.25) is 0 Å². The Bertz CT molecular complexity index is 429. The highest BCUT2D eigenvalue weighted by Gasteiger charge is 2.55. The van der Waals surface area contributed by atoms with Gasteiger partial charge in [-0.2, -0.15) is 0 Å². The summed E-state index contributed by atoms with van der Waals surface area (Å²) in [6.07, 6.45) is 8.16. The van der Waals surface area contributed by atoms with E-state index >= 15 is 0 Å². The molecular weight excluding hydrogens is 270 g/mol. The molecule has 128 valence electrons. The molecule has 0 aromatic carbocycles. The minimum absolute atomic E-state index is 0.0333. The Balaban J connectivity index is 1.97. The SMILES string of the molecule is C[C@@H]1CCC(O)[C@@]2(C)CC[C@H]3C(C)(C)[C@@H](CC[C@@]3(C)N)C[C@H]12. The zero-order chi connectivity index (χ0) is 16.3. The van der Waals surface area contributed by atoms with Gasteiger partial charge in [0.2, 0.25) is 0 Å². The number of nitrogens with two attached hydrogens (primary N) is 1. The molecule has 3 aliphatic rings. The first-order valence-corrected chi connectivity index (χ1v) is 9.56. The third-order valence-electron chi connectivity index (χ3n) is 8.48. The first kappa shape index (κ1) is 16.8. The van der Waals surface area contributed by atoms with Gasteiger partial charge in [0, 0.05) is 5.54 Å². The van der Waals surface area contributed by atoms with Crippen LogP contribution in [0.5, 0.6) is 0 Å². The van der Waals surface area contributed by atoms with E-state index in [1.807, 2.05) is 0 Å². The zero-order valence-corrected chi connectivity index (χ0v) is 15.4. The van der Waals surface area contributed by atoms with Crippen molar-refractivity contribution in [2.24, 2.45) is 40.2 Å². The van der Waals surface area contributed by atoms with Crippen LogP contribution in [0.15, 0.2) is 0 Å². The van der Waals surface area contributed by atoms with Crippen LogP contribution in [-0.2, 0) is 0 Å². The van der Waals surface area contributed by atoms with E-state index in [1.54, 1.807) is 0 Å². The van der Waals surface area contributed by atoms with Crippen molar-refractivity contribution in [3.63, 3.8) is 0 Å². The van der Waals surface area contributed by atoms with Crippen molar-refractivity contribution < 1.29 is 5.11 Å². The van der Waals surface area contributed by atoms with Crippen LogP contribution in [0.25, 0.3) is 0 Å². The molecular formula is C20H37NO. The quantitative estimate of drug-likeness (QED) is 0.698. The number of aliphatic hydroxyl groups is 1. The summed E-state index contributed by atoms with van der Waals surface area (Å²) < 4.78 is 0. The van der Waals surface area contributed by atoms with Crippen LogP contribution in [0, 0.1) is 34.5 Å². The molecule has 0 aromatic rings. The molecule has 0 heterocycles. The summed E-state index contributed by atoms with van der Waals surface area (Å²) in [5.74, 6) is 2.79. The summed E-state index contributed by atoms with van der Waals surface area (Å²) in [6.45, 7) is 12.0. The molecule has 0 aromatic heterocycles. The third-order valence-corrected chi connectivity index (χ3v) is 8.48. The lowest BCUT2D eigenvalue weighted by atomic mass is 9.47. The highest BCUT2D eigenvalue weighted by atomic mass is 16.3. The standard InChI is InChI=1S/C20H37NO/c1-13-6-7-17(22)19(4)10-9-16-18(2,3)14(12-15(13)19)8-11-20(16,5)21/h13-17,22H,6-12,21H2,1-5H3/t13-,14+,15-,16+,17?,19+,20-/m1/s1.